The molecule has 3 rings (SSSR count). The Kier molecular flexibility index (Phi) is 6.98. The average Bonchev–Trinajstić information content (AvgIpc) is 2.73. The Morgan fingerprint density at radius 3 is 2.35 bits per heavy atom. The molecule has 0 heterocycles. The molecule has 0 saturated heterocycles. The fraction of sp³-hybridized carbons (Fsp3) is 0. The molecule has 3 aromatic rings. The van der Waals surface area contributed by atoms with E-state index in [1.807, 2.05) is 6.07 Å². The number of carbonyl (C=O) groups excluding carboxylic acids is 1. The molecule has 0 unspecified atom stereocenters. The van der Waals surface area contributed by atoms with Gasteiger partial charge in [-0.2, -0.15) is 13.7 Å². The fourth-order valence-electron chi connectivity index (χ4n) is 2.51. The Bertz CT molecular complexity index is 1300. The number of carbonyl (C=O) groups is 1. The molecule has 6 nitrogen and oxygen atoms in total. The minimum absolute atomic E-state index is 0.0410. The maximum Gasteiger partial charge on any atom is 0.339 e. The highest BCUT2D eigenvalue weighted by Crippen LogP contribution is 2.26. The summed E-state index contributed by atoms with van der Waals surface area (Å²) in [6.07, 6.45) is 1.24. The van der Waals surface area contributed by atoms with Crippen LogP contribution in [0.2, 0.25) is 10.0 Å². The lowest BCUT2D eigenvalue weighted by molar-refractivity contribution is -0.112. The third kappa shape index (κ3) is 5.86. The van der Waals surface area contributed by atoms with Crippen LogP contribution in [-0.4, -0.2) is 14.3 Å². The van der Waals surface area contributed by atoms with Gasteiger partial charge in [-0.15, -0.1) is 0 Å². The molecule has 1 amide bonds. The van der Waals surface area contributed by atoms with Crippen molar-refractivity contribution in [1.82, 2.24) is 0 Å². The van der Waals surface area contributed by atoms with Gasteiger partial charge in [0.25, 0.3) is 5.91 Å². The summed E-state index contributed by atoms with van der Waals surface area (Å²) >= 11 is 11.7. The predicted molar refractivity (Wildman–Crippen MR) is 119 cm³/mol. The third-order valence-corrected chi connectivity index (χ3v) is 5.70. The van der Waals surface area contributed by atoms with Crippen LogP contribution in [0.4, 0.5) is 5.69 Å². The summed E-state index contributed by atoms with van der Waals surface area (Å²) in [5.41, 5.74) is 0.395. The number of anilines is 1. The first-order valence-electron chi connectivity index (χ1n) is 8.76. The van der Waals surface area contributed by atoms with E-state index in [4.69, 9.17) is 27.4 Å². The Balaban J connectivity index is 1.89. The average molecular weight is 473 g/mol. The third-order valence-electron chi connectivity index (χ3n) is 3.97. The maximum atomic E-state index is 12.6. The van der Waals surface area contributed by atoms with Crippen LogP contribution in [0.3, 0.4) is 0 Å². The number of benzene rings is 3. The number of nitrogens with one attached hydrogen (secondary N) is 1. The number of para-hydroxylation sites is 1. The molecule has 0 spiro atoms. The molecule has 0 bridgehead atoms. The van der Waals surface area contributed by atoms with Gasteiger partial charge in [0, 0.05) is 21.3 Å². The van der Waals surface area contributed by atoms with E-state index in [0.29, 0.717) is 15.7 Å². The summed E-state index contributed by atoms with van der Waals surface area (Å²) in [5, 5.41) is 12.8. The summed E-state index contributed by atoms with van der Waals surface area (Å²) in [6, 6.07) is 19.9. The van der Waals surface area contributed by atoms with E-state index in [1.165, 1.54) is 48.5 Å². The molecule has 0 aromatic heterocycles. The van der Waals surface area contributed by atoms with Gasteiger partial charge in [0.1, 0.15) is 22.3 Å². The molecule has 0 atom stereocenters. The second kappa shape index (κ2) is 9.67. The Hall–Kier alpha value is -3.31. The van der Waals surface area contributed by atoms with Crippen molar-refractivity contribution in [2.45, 2.75) is 4.90 Å². The molecule has 1 N–H and O–H groups in total. The second-order valence-corrected chi connectivity index (χ2v) is 8.58. The van der Waals surface area contributed by atoms with Crippen LogP contribution >= 0.6 is 23.2 Å². The summed E-state index contributed by atoms with van der Waals surface area (Å²) in [5.74, 6) is -0.721. The number of nitriles is 1. The molecule has 0 aliphatic rings. The highest BCUT2D eigenvalue weighted by molar-refractivity contribution is 7.87. The summed E-state index contributed by atoms with van der Waals surface area (Å²) in [4.78, 5) is 12.4. The summed E-state index contributed by atoms with van der Waals surface area (Å²) < 4.78 is 30.4. The Morgan fingerprint density at radius 2 is 1.68 bits per heavy atom. The first kappa shape index (κ1) is 22.4. The molecule has 0 fully saturated rings. The zero-order chi connectivity index (χ0) is 22.4. The van der Waals surface area contributed by atoms with E-state index < -0.39 is 16.0 Å². The van der Waals surface area contributed by atoms with Crippen LogP contribution < -0.4 is 9.50 Å². The van der Waals surface area contributed by atoms with Gasteiger partial charge in [-0.25, -0.2) is 0 Å². The van der Waals surface area contributed by atoms with E-state index in [9.17, 15) is 18.5 Å². The lowest BCUT2D eigenvalue weighted by atomic mass is 10.1. The molecule has 0 saturated carbocycles. The van der Waals surface area contributed by atoms with E-state index in [1.54, 1.807) is 30.3 Å². The van der Waals surface area contributed by atoms with E-state index in [2.05, 4.69) is 5.32 Å². The van der Waals surface area contributed by atoms with Crippen LogP contribution in [0.15, 0.2) is 83.3 Å². The minimum Gasteiger partial charge on any atom is -0.378 e. The van der Waals surface area contributed by atoms with E-state index in [-0.39, 0.29) is 21.8 Å². The SMILES string of the molecule is N#C/C(=C\c1ccccc1OS(=O)(=O)c1ccc(Cl)cc1)C(=O)Nc1cccc(Cl)c1. The molecule has 0 radical (unpaired) electrons. The number of rotatable bonds is 6. The van der Waals surface area contributed by atoms with Crippen molar-refractivity contribution in [3.05, 3.63) is 94.0 Å². The van der Waals surface area contributed by atoms with E-state index >= 15 is 0 Å². The number of halogens is 2. The normalized spacial score (nSPS) is 11.5. The fourth-order valence-corrected chi connectivity index (χ4v) is 3.78. The zero-order valence-electron chi connectivity index (χ0n) is 15.7. The van der Waals surface area contributed by atoms with Gasteiger partial charge in [0.05, 0.1) is 0 Å². The summed E-state index contributed by atoms with van der Waals surface area (Å²) in [6.45, 7) is 0. The largest absolute Gasteiger partial charge is 0.378 e. The molecule has 156 valence electrons. The molecule has 3 aromatic carbocycles. The second-order valence-electron chi connectivity index (χ2n) is 6.16. The van der Waals surface area contributed by atoms with Crippen molar-refractivity contribution < 1.29 is 17.4 Å². The summed E-state index contributed by atoms with van der Waals surface area (Å²) in [7, 11) is -4.15. The quantitative estimate of drug-likeness (QED) is 0.298. The lowest BCUT2D eigenvalue weighted by Gasteiger charge is -2.10. The standard InChI is InChI=1S/C22H14Cl2N2O4S/c23-17-8-10-20(11-9-17)31(28,29)30-21-7-2-1-4-15(21)12-16(14-25)22(27)26-19-6-3-5-18(24)13-19/h1-13H,(H,26,27)/b16-12+. The first-order valence-corrected chi connectivity index (χ1v) is 10.9. The molecule has 31 heavy (non-hydrogen) atoms. The van der Waals surface area contributed by atoms with Gasteiger partial charge in [-0.05, 0) is 54.6 Å². The molecular weight excluding hydrogens is 459 g/mol. The molecule has 0 aliphatic heterocycles. The molecule has 0 aliphatic carbocycles. The first-order chi connectivity index (χ1) is 14.8. The van der Waals surface area contributed by atoms with Gasteiger partial charge in [0.2, 0.25) is 0 Å². The van der Waals surface area contributed by atoms with Gasteiger partial charge in [-0.3, -0.25) is 4.79 Å². The highest BCUT2D eigenvalue weighted by Gasteiger charge is 2.19. The van der Waals surface area contributed by atoms with Crippen LogP contribution in [0.5, 0.6) is 5.75 Å². The highest BCUT2D eigenvalue weighted by atomic mass is 35.5. The van der Waals surface area contributed by atoms with Crippen molar-refractivity contribution in [1.29, 1.82) is 5.26 Å². The topological polar surface area (TPSA) is 96.3 Å². The van der Waals surface area contributed by atoms with Crippen LogP contribution in [0, 0.1) is 11.3 Å². The zero-order valence-corrected chi connectivity index (χ0v) is 18.1. The number of amides is 1. The van der Waals surface area contributed by atoms with Crippen LogP contribution in [-0.2, 0) is 14.9 Å². The molecular formula is C22H14Cl2N2O4S. The predicted octanol–water partition coefficient (Wildman–Crippen LogP) is 5.31. The van der Waals surface area contributed by atoms with Gasteiger partial charge in [0.15, 0.2) is 0 Å². The van der Waals surface area contributed by atoms with Gasteiger partial charge < -0.3 is 9.50 Å². The number of hydrogen-bond donors (Lipinski definition) is 1. The van der Waals surface area contributed by atoms with Gasteiger partial charge >= 0.3 is 10.1 Å². The van der Waals surface area contributed by atoms with Crippen molar-refractivity contribution in [3.63, 3.8) is 0 Å². The Morgan fingerprint density at radius 1 is 0.968 bits per heavy atom. The van der Waals surface area contributed by atoms with E-state index in [0.717, 1.165) is 0 Å². The van der Waals surface area contributed by atoms with Crippen LogP contribution in [0.25, 0.3) is 6.08 Å². The lowest BCUT2D eigenvalue weighted by Crippen LogP contribution is -2.14. The van der Waals surface area contributed by atoms with Crippen molar-refractivity contribution in [2.24, 2.45) is 0 Å². The minimum atomic E-state index is -4.15. The Labute approximate surface area is 189 Å². The smallest absolute Gasteiger partial charge is 0.339 e. The van der Waals surface area contributed by atoms with Crippen molar-refractivity contribution in [3.8, 4) is 11.8 Å². The van der Waals surface area contributed by atoms with Crippen LogP contribution in [0.1, 0.15) is 5.56 Å². The number of hydrogen-bond acceptors (Lipinski definition) is 5. The maximum absolute atomic E-state index is 12.6. The monoisotopic (exact) mass is 472 g/mol. The van der Waals surface area contributed by atoms with Gasteiger partial charge in [-0.1, -0.05) is 47.5 Å². The molecule has 9 heteroatoms. The van der Waals surface area contributed by atoms with Crippen molar-refractivity contribution in [2.75, 3.05) is 5.32 Å². The van der Waals surface area contributed by atoms with Crippen molar-refractivity contribution >= 4 is 51.0 Å². The number of nitrogens with zero attached hydrogens (tertiary/aromatic N) is 1.